The van der Waals surface area contributed by atoms with Gasteiger partial charge in [-0.1, -0.05) is 121 Å². The first kappa shape index (κ1) is 27.9. The highest BCUT2D eigenvalue weighted by molar-refractivity contribution is 6.16. The fourth-order valence-electron chi connectivity index (χ4n) is 6.74. The van der Waals surface area contributed by atoms with Crippen molar-refractivity contribution in [3.8, 4) is 22.5 Å². The van der Waals surface area contributed by atoms with Crippen molar-refractivity contribution in [3.05, 3.63) is 174 Å². The molecular weight excluding hydrogens is 587 g/mol. The third-order valence-corrected chi connectivity index (χ3v) is 9.23. The number of aryl methyl sites for hydroxylation is 1. The standard InChI is InChI=1S/C43H31N5/c1-48-39-19-11-10-18-38(39)44-43(48)35-23-21-32-24-34(22-20-33(32)25-35)36-26-30-16-8-9-17-31(30)27-37(36)42-46-40(28-12-4-2-5-13-28)45-41(47-42)29-14-6-3-7-15-29/h2-27,40H,1H3,(H,45,46,47). The lowest BCUT2D eigenvalue weighted by Crippen LogP contribution is -2.33. The van der Waals surface area contributed by atoms with E-state index in [9.17, 15) is 0 Å². The van der Waals surface area contributed by atoms with Crippen LogP contribution in [0.2, 0.25) is 0 Å². The van der Waals surface area contributed by atoms with Crippen LogP contribution in [-0.4, -0.2) is 21.2 Å². The van der Waals surface area contributed by atoms with Gasteiger partial charge in [-0.2, -0.15) is 0 Å². The first-order chi connectivity index (χ1) is 23.7. The summed E-state index contributed by atoms with van der Waals surface area (Å²) < 4.78 is 2.17. The van der Waals surface area contributed by atoms with E-state index in [1.807, 2.05) is 30.3 Å². The van der Waals surface area contributed by atoms with Gasteiger partial charge >= 0.3 is 0 Å². The Kier molecular flexibility index (Phi) is 6.68. The van der Waals surface area contributed by atoms with Crippen LogP contribution in [0.5, 0.6) is 0 Å². The number of nitrogens with zero attached hydrogens (tertiary/aromatic N) is 4. The monoisotopic (exact) mass is 617 g/mol. The molecule has 7 aromatic carbocycles. The van der Waals surface area contributed by atoms with Gasteiger partial charge in [0.25, 0.3) is 0 Å². The first-order valence-electron chi connectivity index (χ1n) is 16.2. The molecule has 1 aliphatic heterocycles. The molecule has 228 valence electrons. The number of benzene rings is 7. The molecule has 5 heteroatoms. The molecule has 0 radical (unpaired) electrons. The average molecular weight is 618 g/mol. The summed E-state index contributed by atoms with van der Waals surface area (Å²) in [6.07, 6.45) is -0.272. The summed E-state index contributed by atoms with van der Waals surface area (Å²) in [6, 6.07) is 55.2. The van der Waals surface area contributed by atoms with Gasteiger partial charge in [0.2, 0.25) is 0 Å². The number of fused-ring (bicyclic) bond motifs is 3. The van der Waals surface area contributed by atoms with Gasteiger partial charge in [0.1, 0.15) is 17.8 Å². The number of para-hydroxylation sites is 2. The van der Waals surface area contributed by atoms with Gasteiger partial charge in [-0.05, 0) is 74.6 Å². The Morgan fingerprint density at radius 2 is 1.15 bits per heavy atom. The predicted molar refractivity (Wildman–Crippen MR) is 198 cm³/mol. The molecule has 48 heavy (non-hydrogen) atoms. The second kappa shape index (κ2) is 11.5. The van der Waals surface area contributed by atoms with Crippen molar-refractivity contribution in [3.63, 3.8) is 0 Å². The Labute approximate surface area is 278 Å². The second-order valence-electron chi connectivity index (χ2n) is 12.2. The van der Waals surface area contributed by atoms with Crippen molar-refractivity contribution in [1.29, 1.82) is 0 Å². The molecule has 1 unspecified atom stereocenters. The number of amidine groups is 2. The van der Waals surface area contributed by atoms with Gasteiger partial charge in [0.15, 0.2) is 5.84 Å². The molecule has 5 nitrogen and oxygen atoms in total. The van der Waals surface area contributed by atoms with Crippen molar-refractivity contribution < 1.29 is 0 Å². The van der Waals surface area contributed by atoms with E-state index >= 15 is 0 Å². The van der Waals surface area contributed by atoms with Crippen LogP contribution in [0.4, 0.5) is 0 Å². The van der Waals surface area contributed by atoms with Crippen LogP contribution in [-0.2, 0) is 7.05 Å². The van der Waals surface area contributed by atoms with Crippen LogP contribution in [0.3, 0.4) is 0 Å². The Balaban J connectivity index is 1.19. The normalized spacial score (nSPS) is 14.6. The number of hydrogen-bond donors (Lipinski definition) is 1. The summed E-state index contributed by atoms with van der Waals surface area (Å²) in [5.74, 6) is 2.48. The minimum Gasteiger partial charge on any atom is -0.344 e. The summed E-state index contributed by atoms with van der Waals surface area (Å²) in [6.45, 7) is 0. The maximum atomic E-state index is 5.23. The number of aromatic nitrogens is 2. The van der Waals surface area contributed by atoms with Crippen molar-refractivity contribution in [2.24, 2.45) is 17.0 Å². The molecule has 9 rings (SSSR count). The van der Waals surface area contributed by atoms with Crippen LogP contribution < -0.4 is 5.32 Å². The molecule has 0 saturated heterocycles. The minimum atomic E-state index is -0.272. The van der Waals surface area contributed by atoms with E-state index in [1.54, 1.807) is 0 Å². The molecule has 1 aromatic heterocycles. The van der Waals surface area contributed by atoms with Crippen molar-refractivity contribution >= 4 is 44.2 Å². The molecule has 1 N–H and O–H groups in total. The fraction of sp³-hybridized carbons (Fsp3) is 0.0465. The van der Waals surface area contributed by atoms with Crippen molar-refractivity contribution in [1.82, 2.24) is 14.9 Å². The zero-order valence-electron chi connectivity index (χ0n) is 26.4. The van der Waals surface area contributed by atoms with Gasteiger partial charge in [0, 0.05) is 23.7 Å². The highest BCUT2D eigenvalue weighted by Gasteiger charge is 2.23. The van der Waals surface area contributed by atoms with Crippen molar-refractivity contribution in [2.45, 2.75) is 6.17 Å². The van der Waals surface area contributed by atoms with E-state index in [4.69, 9.17) is 15.0 Å². The zero-order chi connectivity index (χ0) is 32.0. The summed E-state index contributed by atoms with van der Waals surface area (Å²) in [7, 11) is 2.08. The third-order valence-electron chi connectivity index (χ3n) is 9.23. The molecule has 0 amide bonds. The van der Waals surface area contributed by atoms with E-state index in [2.05, 4.69) is 144 Å². The Morgan fingerprint density at radius 3 is 1.90 bits per heavy atom. The summed E-state index contributed by atoms with van der Waals surface area (Å²) in [5.41, 5.74) is 8.55. The molecule has 2 heterocycles. The number of nitrogens with one attached hydrogen (secondary N) is 1. The molecule has 0 saturated carbocycles. The smallest absolute Gasteiger partial charge is 0.160 e. The van der Waals surface area contributed by atoms with Gasteiger partial charge in [-0.25, -0.2) is 15.0 Å². The van der Waals surface area contributed by atoms with Gasteiger partial charge < -0.3 is 9.88 Å². The molecule has 0 spiro atoms. The highest BCUT2D eigenvalue weighted by atomic mass is 15.2. The quantitative estimate of drug-likeness (QED) is 0.209. The van der Waals surface area contributed by atoms with Crippen LogP contribution in [0, 0.1) is 0 Å². The van der Waals surface area contributed by atoms with Crippen molar-refractivity contribution in [2.75, 3.05) is 0 Å². The lowest BCUT2D eigenvalue weighted by atomic mass is 9.93. The second-order valence-corrected chi connectivity index (χ2v) is 12.2. The summed E-state index contributed by atoms with van der Waals surface area (Å²) >= 11 is 0. The Morgan fingerprint density at radius 1 is 0.542 bits per heavy atom. The van der Waals surface area contributed by atoms with E-state index < -0.39 is 0 Å². The van der Waals surface area contributed by atoms with E-state index in [1.165, 1.54) is 10.8 Å². The van der Waals surface area contributed by atoms with Gasteiger partial charge in [-0.15, -0.1) is 0 Å². The molecule has 0 aliphatic carbocycles. The fourth-order valence-corrected chi connectivity index (χ4v) is 6.74. The lowest BCUT2D eigenvalue weighted by molar-refractivity contribution is 0.674. The Hall–Kier alpha value is -6.33. The predicted octanol–water partition coefficient (Wildman–Crippen LogP) is 9.71. The number of rotatable bonds is 5. The van der Waals surface area contributed by atoms with Crippen LogP contribution in [0.1, 0.15) is 22.9 Å². The molecule has 0 bridgehead atoms. The molecule has 1 atom stereocenters. The number of imidazole rings is 1. The minimum absolute atomic E-state index is 0.272. The average Bonchev–Trinajstić information content (AvgIpc) is 3.50. The van der Waals surface area contributed by atoms with Crippen LogP contribution >= 0.6 is 0 Å². The Bertz CT molecular complexity index is 2550. The summed E-state index contributed by atoms with van der Waals surface area (Å²) in [4.78, 5) is 15.3. The molecular formula is C43H31N5. The van der Waals surface area contributed by atoms with Crippen LogP contribution in [0.15, 0.2) is 168 Å². The maximum absolute atomic E-state index is 5.23. The molecule has 1 aliphatic rings. The first-order valence-corrected chi connectivity index (χ1v) is 16.2. The van der Waals surface area contributed by atoms with E-state index in [0.29, 0.717) is 5.84 Å². The molecule has 0 fully saturated rings. The highest BCUT2D eigenvalue weighted by Crippen LogP contribution is 2.35. The van der Waals surface area contributed by atoms with Gasteiger partial charge in [0.05, 0.1) is 11.0 Å². The zero-order valence-corrected chi connectivity index (χ0v) is 26.4. The van der Waals surface area contributed by atoms with Crippen LogP contribution in [0.25, 0.3) is 55.1 Å². The van der Waals surface area contributed by atoms with E-state index in [0.717, 1.165) is 66.8 Å². The lowest BCUT2D eigenvalue weighted by Gasteiger charge is -2.24. The SMILES string of the molecule is Cn1c(-c2ccc3cc(-c4cc5ccccc5cc4C4=NC(c5ccccc5)NC(c5ccccc5)=N4)ccc3c2)nc2ccccc21. The topological polar surface area (TPSA) is 54.6 Å². The van der Waals surface area contributed by atoms with E-state index in [-0.39, 0.29) is 6.17 Å². The number of hydrogen-bond acceptors (Lipinski definition) is 4. The maximum Gasteiger partial charge on any atom is 0.160 e. The van der Waals surface area contributed by atoms with Gasteiger partial charge in [-0.3, -0.25) is 0 Å². The number of aliphatic imine (C=N–C) groups is 2. The third kappa shape index (κ3) is 4.93. The largest absolute Gasteiger partial charge is 0.344 e. The molecule has 8 aromatic rings. The summed E-state index contributed by atoms with van der Waals surface area (Å²) in [5, 5.41) is 8.25.